The molecule has 0 heterocycles. The molecule has 0 saturated heterocycles. The van der Waals surface area contributed by atoms with Gasteiger partial charge < -0.3 is 10.1 Å². The van der Waals surface area contributed by atoms with Gasteiger partial charge in [0.15, 0.2) is 6.61 Å². The van der Waals surface area contributed by atoms with E-state index in [0.29, 0.717) is 11.3 Å². The summed E-state index contributed by atoms with van der Waals surface area (Å²) >= 11 is 0. The number of carbonyl (C=O) groups excluding carboxylic acids is 2. The van der Waals surface area contributed by atoms with E-state index in [2.05, 4.69) is 15.8 Å². The van der Waals surface area contributed by atoms with E-state index in [1.165, 1.54) is 6.21 Å². The minimum absolute atomic E-state index is 0.112. The standard InChI is InChI=1S/C24H23N3O3/c1-17-9-11-20(12-10-17)24(29)27-25-15-19-6-4-8-22(14-19)30-16-23(28)26-21-7-3-5-18(2)13-21/h3-15H,16H2,1-2H3,(H,26,28)(H,27,29)/b25-15+. The van der Waals surface area contributed by atoms with Crippen LogP contribution in [0.5, 0.6) is 5.75 Å². The van der Waals surface area contributed by atoms with Gasteiger partial charge in [-0.3, -0.25) is 9.59 Å². The molecule has 0 unspecified atom stereocenters. The smallest absolute Gasteiger partial charge is 0.271 e. The molecule has 0 fully saturated rings. The largest absolute Gasteiger partial charge is 0.484 e. The summed E-state index contributed by atoms with van der Waals surface area (Å²) in [6, 6.07) is 21.9. The second-order valence-electron chi connectivity index (χ2n) is 6.84. The lowest BCUT2D eigenvalue weighted by atomic mass is 10.1. The van der Waals surface area contributed by atoms with Gasteiger partial charge in [0.1, 0.15) is 5.75 Å². The molecule has 0 bridgehead atoms. The molecule has 0 radical (unpaired) electrons. The van der Waals surface area contributed by atoms with Gasteiger partial charge in [-0.15, -0.1) is 0 Å². The molecule has 6 heteroatoms. The Labute approximate surface area is 175 Å². The summed E-state index contributed by atoms with van der Waals surface area (Å²) in [5.74, 6) is -0.000269. The van der Waals surface area contributed by atoms with Crippen LogP contribution in [-0.2, 0) is 4.79 Å². The van der Waals surface area contributed by atoms with Crippen molar-refractivity contribution in [3.8, 4) is 5.75 Å². The minimum Gasteiger partial charge on any atom is -0.484 e. The number of amides is 2. The highest BCUT2D eigenvalue weighted by Gasteiger charge is 2.05. The zero-order valence-corrected chi connectivity index (χ0v) is 16.9. The Morgan fingerprint density at radius 2 is 1.70 bits per heavy atom. The molecule has 0 aliphatic rings. The minimum atomic E-state index is -0.286. The van der Waals surface area contributed by atoms with Crippen LogP contribution in [0.15, 0.2) is 77.9 Å². The number of hydrogen-bond acceptors (Lipinski definition) is 4. The monoisotopic (exact) mass is 401 g/mol. The first kappa shape index (κ1) is 20.8. The number of benzene rings is 3. The Hall–Kier alpha value is -3.93. The number of hydrazone groups is 1. The van der Waals surface area contributed by atoms with Crippen LogP contribution >= 0.6 is 0 Å². The van der Waals surface area contributed by atoms with E-state index in [1.807, 2.05) is 56.3 Å². The number of aryl methyl sites for hydroxylation is 2. The summed E-state index contributed by atoms with van der Waals surface area (Å²) in [4.78, 5) is 24.1. The Morgan fingerprint density at radius 3 is 2.47 bits per heavy atom. The fraction of sp³-hybridized carbons (Fsp3) is 0.125. The summed E-state index contributed by atoms with van der Waals surface area (Å²) < 4.78 is 5.56. The number of anilines is 1. The fourth-order valence-corrected chi connectivity index (χ4v) is 2.69. The third kappa shape index (κ3) is 6.31. The molecule has 0 aromatic heterocycles. The molecule has 2 amide bonds. The van der Waals surface area contributed by atoms with Crippen molar-refractivity contribution >= 4 is 23.7 Å². The fourth-order valence-electron chi connectivity index (χ4n) is 2.69. The van der Waals surface area contributed by atoms with E-state index in [4.69, 9.17) is 4.74 Å². The lowest BCUT2D eigenvalue weighted by Gasteiger charge is -2.08. The molecule has 3 aromatic rings. The second kappa shape index (κ2) is 10.0. The molecule has 3 rings (SSSR count). The predicted molar refractivity (Wildman–Crippen MR) is 118 cm³/mol. The highest BCUT2D eigenvalue weighted by Crippen LogP contribution is 2.13. The molecule has 2 N–H and O–H groups in total. The summed E-state index contributed by atoms with van der Waals surface area (Å²) in [5.41, 5.74) is 6.64. The molecule has 0 atom stereocenters. The second-order valence-corrected chi connectivity index (χ2v) is 6.84. The summed E-state index contributed by atoms with van der Waals surface area (Å²) in [7, 11) is 0. The van der Waals surface area contributed by atoms with Crippen LogP contribution in [0.4, 0.5) is 5.69 Å². The van der Waals surface area contributed by atoms with Crippen molar-refractivity contribution in [3.05, 3.63) is 95.1 Å². The van der Waals surface area contributed by atoms with Crippen molar-refractivity contribution in [1.82, 2.24) is 5.43 Å². The highest BCUT2D eigenvalue weighted by atomic mass is 16.5. The van der Waals surface area contributed by atoms with Crippen LogP contribution in [0.25, 0.3) is 0 Å². The molecule has 0 spiro atoms. The predicted octanol–water partition coefficient (Wildman–Crippen LogP) is 4.08. The molecule has 6 nitrogen and oxygen atoms in total. The van der Waals surface area contributed by atoms with Gasteiger partial charge in [0.2, 0.25) is 0 Å². The van der Waals surface area contributed by atoms with Crippen LogP contribution in [0.1, 0.15) is 27.0 Å². The Kier molecular flexibility index (Phi) is 6.95. The zero-order chi connectivity index (χ0) is 21.3. The lowest BCUT2D eigenvalue weighted by Crippen LogP contribution is -2.20. The molecule has 3 aromatic carbocycles. The van der Waals surface area contributed by atoms with Crippen molar-refractivity contribution in [2.24, 2.45) is 5.10 Å². The van der Waals surface area contributed by atoms with Gasteiger partial charge in [0, 0.05) is 11.3 Å². The van der Waals surface area contributed by atoms with Crippen LogP contribution < -0.4 is 15.5 Å². The first-order valence-corrected chi connectivity index (χ1v) is 9.49. The summed E-state index contributed by atoms with van der Waals surface area (Å²) in [6.45, 7) is 3.81. The Balaban J connectivity index is 1.51. The average molecular weight is 401 g/mol. The summed E-state index contributed by atoms with van der Waals surface area (Å²) in [5, 5.41) is 6.78. The van der Waals surface area contributed by atoms with Crippen LogP contribution in [0.2, 0.25) is 0 Å². The van der Waals surface area contributed by atoms with Crippen molar-refractivity contribution in [3.63, 3.8) is 0 Å². The van der Waals surface area contributed by atoms with Gasteiger partial charge in [0.05, 0.1) is 6.21 Å². The van der Waals surface area contributed by atoms with Crippen LogP contribution in [0, 0.1) is 13.8 Å². The maximum atomic E-state index is 12.1. The van der Waals surface area contributed by atoms with Gasteiger partial charge in [-0.1, -0.05) is 42.0 Å². The first-order chi connectivity index (χ1) is 14.5. The number of hydrogen-bond donors (Lipinski definition) is 2. The molecule has 152 valence electrons. The van der Waals surface area contributed by atoms with Gasteiger partial charge >= 0.3 is 0 Å². The molecule has 0 aliphatic heterocycles. The normalized spacial score (nSPS) is 10.6. The van der Waals surface area contributed by atoms with E-state index >= 15 is 0 Å². The molecular formula is C24H23N3O3. The SMILES string of the molecule is Cc1ccc(C(=O)N/N=C/c2cccc(OCC(=O)Nc3cccc(C)c3)c2)cc1. The summed E-state index contributed by atoms with van der Waals surface area (Å²) in [6.07, 6.45) is 1.52. The maximum absolute atomic E-state index is 12.1. The number of carbonyl (C=O) groups is 2. The van der Waals surface area contributed by atoms with E-state index in [-0.39, 0.29) is 18.4 Å². The van der Waals surface area contributed by atoms with E-state index < -0.39 is 0 Å². The maximum Gasteiger partial charge on any atom is 0.271 e. The number of nitrogens with zero attached hydrogens (tertiary/aromatic N) is 1. The van der Waals surface area contributed by atoms with E-state index in [1.54, 1.807) is 30.3 Å². The molecule has 0 saturated carbocycles. The third-order valence-corrected chi connectivity index (χ3v) is 4.22. The number of ether oxygens (including phenoxy) is 1. The van der Waals surface area contributed by atoms with Gasteiger partial charge in [-0.25, -0.2) is 5.43 Å². The van der Waals surface area contributed by atoms with Crippen LogP contribution in [-0.4, -0.2) is 24.6 Å². The van der Waals surface area contributed by atoms with Crippen molar-refractivity contribution in [2.75, 3.05) is 11.9 Å². The van der Waals surface area contributed by atoms with E-state index in [9.17, 15) is 9.59 Å². The van der Waals surface area contributed by atoms with Crippen molar-refractivity contribution in [2.45, 2.75) is 13.8 Å². The number of nitrogens with one attached hydrogen (secondary N) is 2. The van der Waals surface area contributed by atoms with Crippen molar-refractivity contribution < 1.29 is 14.3 Å². The van der Waals surface area contributed by atoms with Gasteiger partial charge in [0.25, 0.3) is 11.8 Å². The molecular weight excluding hydrogens is 378 g/mol. The van der Waals surface area contributed by atoms with Gasteiger partial charge in [-0.05, 0) is 61.4 Å². The zero-order valence-electron chi connectivity index (χ0n) is 16.9. The topological polar surface area (TPSA) is 79.8 Å². The highest BCUT2D eigenvalue weighted by molar-refractivity contribution is 5.95. The molecule has 0 aliphatic carbocycles. The quantitative estimate of drug-likeness (QED) is 0.462. The lowest BCUT2D eigenvalue weighted by molar-refractivity contribution is -0.118. The van der Waals surface area contributed by atoms with Gasteiger partial charge in [-0.2, -0.15) is 5.10 Å². The number of rotatable bonds is 7. The average Bonchev–Trinajstić information content (AvgIpc) is 2.73. The third-order valence-electron chi connectivity index (χ3n) is 4.22. The van der Waals surface area contributed by atoms with Crippen LogP contribution in [0.3, 0.4) is 0 Å². The van der Waals surface area contributed by atoms with Crippen molar-refractivity contribution in [1.29, 1.82) is 0 Å². The molecule has 30 heavy (non-hydrogen) atoms. The Morgan fingerprint density at radius 1 is 0.933 bits per heavy atom. The Bertz CT molecular complexity index is 1060. The van der Waals surface area contributed by atoms with E-state index in [0.717, 1.165) is 22.4 Å². The first-order valence-electron chi connectivity index (χ1n) is 9.49.